The van der Waals surface area contributed by atoms with Crippen molar-refractivity contribution in [1.82, 2.24) is 4.90 Å². The van der Waals surface area contributed by atoms with Crippen LogP contribution in [0.2, 0.25) is 0 Å². The lowest BCUT2D eigenvalue weighted by molar-refractivity contribution is 0.264. The second-order valence-electron chi connectivity index (χ2n) is 5.03. The van der Waals surface area contributed by atoms with Crippen LogP contribution in [0.1, 0.15) is 28.3 Å². The molecule has 19 heavy (non-hydrogen) atoms. The zero-order chi connectivity index (χ0) is 13.2. The van der Waals surface area contributed by atoms with Crippen LogP contribution in [0.4, 0.5) is 0 Å². The van der Waals surface area contributed by atoms with Gasteiger partial charge in [-0.1, -0.05) is 42.5 Å². The third-order valence-corrected chi connectivity index (χ3v) is 3.88. The summed E-state index contributed by atoms with van der Waals surface area (Å²) in [7, 11) is 2.13. The van der Waals surface area contributed by atoms with Crippen molar-refractivity contribution in [3.63, 3.8) is 0 Å². The van der Waals surface area contributed by atoms with Crippen molar-refractivity contribution in [2.75, 3.05) is 13.6 Å². The Bertz CT molecular complexity index is 625. The van der Waals surface area contributed by atoms with E-state index in [1.165, 1.54) is 16.7 Å². The maximum atomic E-state index is 9.38. The maximum Gasteiger partial charge on any atom is 0.0995 e. The molecule has 2 heteroatoms. The summed E-state index contributed by atoms with van der Waals surface area (Å²) in [6.45, 7) is 1.03. The van der Waals surface area contributed by atoms with Crippen LogP contribution in [0.25, 0.3) is 0 Å². The molecule has 2 aromatic rings. The molecule has 2 nitrogen and oxygen atoms in total. The van der Waals surface area contributed by atoms with Crippen molar-refractivity contribution in [3.05, 3.63) is 70.8 Å². The molecule has 3 rings (SSSR count). The van der Waals surface area contributed by atoms with Crippen molar-refractivity contribution < 1.29 is 0 Å². The Kier molecular flexibility index (Phi) is 3.06. The molecule has 1 aliphatic heterocycles. The number of nitrogens with zero attached hydrogens (tertiary/aromatic N) is 2. The first-order valence-corrected chi connectivity index (χ1v) is 6.58. The zero-order valence-corrected chi connectivity index (χ0v) is 11.0. The molecule has 2 aromatic carbocycles. The van der Waals surface area contributed by atoms with Gasteiger partial charge in [-0.2, -0.15) is 5.26 Å². The van der Waals surface area contributed by atoms with Gasteiger partial charge in [0, 0.05) is 6.54 Å². The molecular weight excluding hydrogens is 232 g/mol. The third-order valence-electron chi connectivity index (χ3n) is 3.88. The molecule has 0 fully saturated rings. The second kappa shape index (κ2) is 4.87. The molecule has 0 radical (unpaired) electrons. The minimum atomic E-state index is 0.195. The summed E-state index contributed by atoms with van der Waals surface area (Å²) in [6, 6.07) is 19.1. The molecule has 1 aliphatic rings. The fourth-order valence-electron chi connectivity index (χ4n) is 2.95. The molecular formula is C17H16N2. The second-order valence-corrected chi connectivity index (χ2v) is 5.03. The Morgan fingerprint density at radius 1 is 1.11 bits per heavy atom. The number of fused-ring (bicyclic) bond motifs is 1. The first-order valence-electron chi connectivity index (χ1n) is 6.58. The summed E-state index contributed by atoms with van der Waals surface area (Å²) >= 11 is 0. The molecule has 1 heterocycles. The molecule has 0 saturated heterocycles. The Balaban J connectivity index is 2.19. The summed E-state index contributed by atoms with van der Waals surface area (Å²) in [5.74, 6) is 0. The van der Waals surface area contributed by atoms with Crippen molar-refractivity contribution in [3.8, 4) is 6.07 Å². The minimum absolute atomic E-state index is 0.195. The van der Waals surface area contributed by atoms with E-state index in [1.54, 1.807) is 0 Å². The van der Waals surface area contributed by atoms with E-state index in [4.69, 9.17) is 0 Å². The van der Waals surface area contributed by atoms with Crippen LogP contribution in [0, 0.1) is 11.3 Å². The van der Waals surface area contributed by atoms with E-state index >= 15 is 0 Å². The Labute approximate surface area is 113 Å². The number of benzene rings is 2. The van der Waals surface area contributed by atoms with Crippen LogP contribution in [-0.2, 0) is 6.42 Å². The van der Waals surface area contributed by atoms with E-state index in [0.29, 0.717) is 0 Å². The smallest absolute Gasteiger partial charge is 0.0995 e. The van der Waals surface area contributed by atoms with Crippen molar-refractivity contribution >= 4 is 0 Å². The van der Waals surface area contributed by atoms with E-state index in [-0.39, 0.29) is 6.04 Å². The van der Waals surface area contributed by atoms with E-state index in [9.17, 15) is 5.26 Å². The molecule has 0 aromatic heterocycles. The van der Waals surface area contributed by atoms with Gasteiger partial charge in [-0.15, -0.1) is 0 Å². The first kappa shape index (κ1) is 12.0. The van der Waals surface area contributed by atoms with Gasteiger partial charge in [-0.25, -0.2) is 0 Å². The highest BCUT2D eigenvalue weighted by molar-refractivity contribution is 5.49. The summed E-state index contributed by atoms with van der Waals surface area (Å²) in [5.41, 5.74) is 4.56. The fourth-order valence-corrected chi connectivity index (χ4v) is 2.95. The zero-order valence-electron chi connectivity index (χ0n) is 11.0. The number of rotatable bonds is 1. The van der Waals surface area contributed by atoms with Gasteiger partial charge in [-0.3, -0.25) is 4.90 Å². The highest BCUT2D eigenvalue weighted by Crippen LogP contribution is 2.35. The van der Waals surface area contributed by atoms with Gasteiger partial charge in [0.15, 0.2) is 0 Å². The third kappa shape index (κ3) is 2.03. The molecule has 0 aliphatic carbocycles. The summed E-state index contributed by atoms with van der Waals surface area (Å²) < 4.78 is 0. The van der Waals surface area contributed by atoms with Gasteiger partial charge in [0.2, 0.25) is 0 Å². The number of hydrogen-bond acceptors (Lipinski definition) is 2. The normalized spacial score (nSPS) is 18.6. The average molecular weight is 248 g/mol. The van der Waals surface area contributed by atoms with Crippen molar-refractivity contribution in [1.29, 1.82) is 5.26 Å². The molecule has 0 unspecified atom stereocenters. The lowest BCUT2D eigenvalue weighted by atomic mass is 9.85. The molecule has 0 amide bonds. The fraction of sp³-hybridized carbons (Fsp3) is 0.235. The Hall–Kier alpha value is -2.11. The van der Waals surface area contributed by atoms with Gasteiger partial charge in [-0.05, 0) is 36.2 Å². The van der Waals surface area contributed by atoms with Gasteiger partial charge in [0.05, 0.1) is 17.7 Å². The van der Waals surface area contributed by atoms with Crippen LogP contribution in [0.5, 0.6) is 0 Å². The number of likely N-dealkylation sites (N-methyl/N-ethyl adjacent to an activating group) is 1. The average Bonchev–Trinajstić information content (AvgIpc) is 2.47. The van der Waals surface area contributed by atoms with Gasteiger partial charge in [0.25, 0.3) is 0 Å². The highest BCUT2D eigenvalue weighted by Gasteiger charge is 2.28. The standard InChI is InChI=1S/C17H16N2/c1-19-11-10-13-8-5-9-15(12-18)16(13)17(19)14-6-3-2-4-7-14/h2-9,17H,10-11H2,1H3/t17-/m0/s1. The number of nitriles is 1. The van der Waals surface area contributed by atoms with Crippen LogP contribution < -0.4 is 0 Å². The Morgan fingerprint density at radius 2 is 1.89 bits per heavy atom. The monoisotopic (exact) mass is 248 g/mol. The van der Waals surface area contributed by atoms with Gasteiger partial charge in [0.1, 0.15) is 0 Å². The van der Waals surface area contributed by atoms with E-state index in [1.807, 2.05) is 18.2 Å². The maximum absolute atomic E-state index is 9.38. The molecule has 0 saturated carbocycles. The summed E-state index contributed by atoms with van der Waals surface area (Å²) in [4.78, 5) is 2.33. The van der Waals surface area contributed by atoms with E-state index < -0.39 is 0 Å². The molecule has 0 spiro atoms. The van der Waals surface area contributed by atoms with E-state index in [0.717, 1.165) is 18.5 Å². The highest BCUT2D eigenvalue weighted by atomic mass is 15.1. The van der Waals surface area contributed by atoms with Gasteiger partial charge >= 0.3 is 0 Å². The summed E-state index contributed by atoms with van der Waals surface area (Å²) in [5, 5.41) is 9.38. The lowest BCUT2D eigenvalue weighted by Gasteiger charge is -2.35. The first-order chi connectivity index (χ1) is 9.31. The van der Waals surface area contributed by atoms with E-state index in [2.05, 4.69) is 48.3 Å². The van der Waals surface area contributed by atoms with Gasteiger partial charge < -0.3 is 0 Å². The molecule has 0 N–H and O–H groups in total. The predicted molar refractivity (Wildman–Crippen MR) is 75.8 cm³/mol. The largest absolute Gasteiger partial charge is 0.295 e. The Morgan fingerprint density at radius 3 is 2.63 bits per heavy atom. The quantitative estimate of drug-likeness (QED) is 0.775. The predicted octanol–water partition coefficient (Wildman–Crippen LogP) is 3.14. The van der Waals surface area contributed by atoms with Crippen LogP contribution >= 0.6 is 0 Å². The topological polar surface area (TPSA) is 27.0 Å². The van der Waals surface area contributed by atoms with Crippen LogP contribution in [0.3, 0.4) is 0 Å². The summed E-state index contributed by atoms with van der Waals surface area (Å²) in [6.07, 6.45) is 1.02. The SMILES string of the molecule is CN1CCc2cccc(C#N)c2[C@@H]1c1ccccc1. The molecule has 1 atom stereocenters. The lowest BCUT2D eigenvalue weighted by Crippen LogP contribution is -2.33. The van der Waals surface area contributed by atoms with Crippen molar-refractivity contribution in [2.45, 2.75) is 12.5 Å². The van der Waals surface area contributed by atoms with Crippen LogP contribution in [-0.4, -0.2) is 18.5 Å². The van der Waals surface area contributed by atoms with Crippen LogP contribution in [0.15, 0.2) is 48.5 Å². The molecule has 94 valence electrons. The van der Waals surface area contributed by atoms with Crippen molar-refractivity contribution in [2.24, 2.45) is 0 Å². The number of hydrogen-bond donors (Lipinski definition) is 0. The molecule has 0 bridgehead atoms. The minimum Gasteiger partial charge on any atom is -0.295 e.